The Kier molecular flexibility index (Phi) is 3.37. The largest absolute Gasteiger partial charge is 0.509 e. The second-order valence-electron chi connectivity index (χ2n) is 4.28. The third-order valence-electron chi connectivity index (χ3n) is 2.78. The Morgan fingerprint density at radius 3 is 3.00 bits per heavy atom. The zero-order chi connectivity index (χ0) is 14.1. The number of rotatable bonds is 3. The first kappa shape index (κ1) is 13.0. The van der Waals surface area contributed by atoms with Gasteiger partial charge in [-0.15, -0.1) is 22.7 Å². The molecule has 0 saturated carbocycles. The van der Waals surface area contributed by atoms with E-state index in [9.17, 15) is 5.11 Å². The Balaban J connectivity index is 1.82. The van der Waals surface area contributed by atoms with Crippen molar-refractivity contribution in [2.45, 2.75) is 6.92 Å². The van der Waals surface area contributed by atoms with Crippen molar-refractivity contribution in [3.8, 4) is 0 Å². The summed E-state index contributed by atoms with van der Waals surface area (Å²) in [7, 11) is 0. The minimum atomic E-state index is 0.146. The second-order valence-corrected chi connectivity index (χ2v) is 6.12. The van der Waals surface area contributed by atoms with E-state index in [2.05, 4.69) is 10.1 Å². The van der Waals surface area contributed by atoms with Crippen molar-refractivity contribution in [1.82, 2.24) is 9.99 Å². The molecular formula is C13H12N4OS2. The monoisotopic (exact) mass is 304 g/mol. The fraction of sp³-hybridized carbons (Fsp3) is 0.154. The molecule has 2 aromatic rings. The van der Waals surface area contributed by atoms with Crippen LogP contribution in [0.3, 0.4) is 0 Å². The van der Waals surface area contributed by atoms with Crippen molar-refractivity contribution in [1.29, 1.82) is 5.41 Å². The number of thiazole rings is 1. The molecule has 0 atom stereocenters. The van der Waals surface area contributed by atoms with Gasteiger partial charge < -0.3 is 5.11 Å². The van der Waals surface area contributed by atoms with Crippen LogP contribution in [0.1, 0.15) is 15.6 Å². The summed E-state index contributed by atoms with van der Waals surface area (Å²) in [6.45, 7) is 2.11. The predicted molar refractivity (Wildman–Crippen MR) is 82.7 cm³/mol. The molecule has 0 fully saturated rings. The maximum atomic E-state index is 10.0. The maximum Gasteiger partial charge on any atom is 0.155 e. The van der Waals surface area contributed by atoms with Crippen molar-refractivity contribution >= 4 is 40.3 Å². The predicted octanol–water partition coefficient (Wildman–Crippen LogP) is 3.11. The highest BCUT2D eigenvalue weighted by Gasteiger charge is 2.29. The van der Waals surface area contributed by atoms with Gasteiger partial charge in [0.25, 0.3) is 0 Å². The lowest BCUT2D eigenvalue weighted by Gasteiger charge is -2.10. The van der Waals surface area contributed by atoms with Crippen molar-refractivity contribution in [2.75, 3.05) is 6.54 Å². The lowest BCUT2D eigenvalue weighted by molar-refractivity contribution is 0.358. The minimum Gasteiger partial charge on any atom is -0.509 e. The van der Waals surface area contributed by atoms with Gasteiger partial charge in [0.2, 0.25) is 0 Å². The standard InChI is InChI=1S/C13H12N4OS2/c1-8-7-20-13(16-8)11-10(18)6-17(12(11)14)15-5-9-3-2-4-19-9/h2-5,7,14,18H,6H2,1H3. The molecule has 3 rings (SSSR count). The molecule has 0 aliphatic carbocycles. The first-order valence-corrected chi connectivity index (χ1v) is 7.69. The zero-order valence-corrected chi connectivity index (χ0v) is 12.3. The van der Waals surface area contributed by atoms with Crippen LogP contribution < -0.4 is 0 Å². The molecule has 0 unspecified atom stereocenters. The number of nitrogens with zero attached hydrogens (tertiary/aromatic N) is 3. The number of hydrogen-bond donors (Lipinski definition) is 2. The summed E-state index contributed by atoms with van der Waals surface area (Å²) in [6, 6.07) is 3.90. The zero-order valence-electron chi connectivity index (χ0n) is 10.7. The molecule has 0 amide bonds. The first-order chi connectivity index (χ1) is 9.65. The molecule has 1 aliphatic rings. The van der Waals surface area contributed by atoms with Gasteiger partial charge in [0.05, 0.1) is 11.8 Å². The number of aromatic nitrogens is 1. The summed E-state index contributed by atoms with van der Waals surface area (Å²) >= 11 is 3.00. The van der Waals surface area contributed by atoms with E-state index in [1.54, 1.807) is 17.6 Å². The summed E-state index contributed by atoms with van der Waals surface area (Å²) in [6.07, 6.45) is 1.70. The lowest BCUT2D eigenvalue weighted by atomic mass is 10.2. The van der Waals surface area contributed by atoms with Crippen molar-refractivity contribution in [2.24, 2.45) is 5.10 Å². The molecular weight excluding hydrogens is 292 g/mol. The molecule has 0 saturated heterocycles. The molecule has 1 aliphatic heterocycles. The van der Waals surface area contributed by atoms with Crippen LogP contribution >= 0.6 is 22.7 Å². The van der Waals surface area contributed by atoms with Crippen molar-refractivity contribution in [3.63, 3.8) is 0 Å². The van der Waals surface area contributed by atoms with Gasteiger partial charge >= 0.3 is 0 Å². The number of amidine groups is 1. The number of aliphatic hydroxyl groups excluding tert-OH is 1. The number of hydrogen-bond acceptors (Lipinski definition) is 6. The highest BCUT2D eigenvalue weighted by molar-refractivity contribution is 7.11. The number of hydrazone groups is 1. The van der Waals surface area contributed by atoms with E-state index >= 15 is 0 Å². The third-order valence-corrected chi connectivity index (χ3v) is 4.57. The van der Waals surface area contributed by atoms with E-state index in [0.29, 0.717) is 10.6 Å². The van der Waals surface area contributed by atoms with Crippen LogP contribution in [0.25, 0.3) is 5.57 Å². The second kappa shape index (κ2) is 5.18. The summed E-state index contributed by atoms with van der Waals surface area (Å²) in [4.78, 5) is 5.33. The quantitative estimate of drug-likeness (QED) is 0.856. The van der Waals surface area contributed by atoms with Gasteiger partial charge in [0.1, 0.15) is 17.3 Å². The summed E-state index contributed by atoms with van der Waals surface area (Å²) in [5.41, 5.74) is 1.37. The highest BCUT2D eigenvalue weighted by Crippen LogP contribution is 2.29. The van der Waals surface area contributed by atoms with E-state index in [-0.39, 0.29) is 18.1 Å². The number of nitrogens with one attached hydrogen (secondary N) is 1. The van der Waals surface area contributed by atoms with E-state index < -0.39 is 0 Å². The van der Waals surface area contributed by atoms with Crippen LogP contribution in [0, 0.1) is 12.3 Å². The Hall–Kier alpha value is -1.99. The SMILES string of the molecule is Cc1csc(C2=C(O)CN(N=Cc3cccs3)C2=N)n1. The van der Waals surface area contributed by atoms with E-state index in [1.807, 2.05) is 29.8 Å². The summed E-state index contributed by atoms with van der Waals surface area (Å²) in [5.74, 6) is 0.331. The average molecular weight is 304 g/mol. The van der Waals surface area contributed by atoms with Crippen molar-refractivity contribution in [3.05, 3.63) is 44.2 Å². The van der Waals surface area contributed by atoms with Gasteiger partial charge in [0, 0.05) is 16.0 Å². The lowest BCUT2D eigenvalue weighted by Crippen LogP contribution is -2.20. The molecule has 0 bridgehead atoms. The molecule has 2 aromatic heterocycles. The Morgan fingerprint density at radius 2 is 2.35 bits per heavy atom. The van der Waals surface area contributed by atoms with E-state index in [4.69, 9.17) is 5.41 Å². The molecule has 102 valence electrons. The van der Waals surface area contributed by atoms with E-state index in [0.717, 1.165) is 10.6 Å². The molecule has 7 heteroatoms. The third kappa shape index (κ3) is 2.37. The molecule has 3 heterocycles. The maximum absolute atomic E-state index is 10.0. The van der Waals surface area contributed by atoms with Gasteiger partial charge in [-0.25, -0.2) is 9.99 Å². The van der Waals surface area contributed by atoms with Gasteiger partial charge in [-0.2, -0.15) is 5.10 Å². The fourth-order valence-electron chi connectivity index (χ4n) is 1.85. The normalized spacial score (nSPS) is 15.8. The number of aliphatic hydroxyl groups is 1. The highest BCUT2D eigenvalue weighted by atomic mass is 32.1. The van der Waals surface area contributed by atoms with Crippen LogP contribution in [-0.4, -0.2) is 33.7 Å². The molecule has 20 heavy (non-hydrogen) atoms. The molecule has 0 aromatic carbocycles. The van der Waals surface area contributed by atoms with Gasteiger partial charge in [-0.3, -0.25) is 5.41 Å². The summed E-state index contributed by atoms with van der Waals surface area (Å²) in [5, 5.41) is 28.4. The van der Waals surface area contributed by atoms with Crippen LogP contribution in [0.2, 0.25) is 0 Å². The van der Waals surface area contributed by atoms with Crippen LogP contribution in [-0.2, 0) is 0 Å². The fourth-order valence-corrected chi connectivity index (χ4v) is 3.29. The van der Waals surface area contributed by atoms with Crippen LogP contribution in [0.5, 0.6) is 0 Å². The number of aryl methyl sites for hydroxylation is 1. The van der Waals surface area contributed by atoms with Crippen LogP contribution in [0.4, 0.5) is 0 Å². The molecule has 2 N–H and O–H groups in total. The Bertz CT molecular complexity index is 700. The Labute approximate surface area is 124 Å². The molecule has 0 radical (unpaired) electrons. The number of thiophene rings is 1. The minimum absolute atomic E-state index is 0.146. The van der Waals surface area contributed by atoms with Crippen LogP contribution in [0.15, 0.2) is 33.8 Å². The van der Waals surface area contributed by atoms with Gasteiger partial charge in [0.15, 0.2) is 5.84 Å². The topological polar surface area (TPSA) is 72.6 Å². The van der Waals surface area contributed by atoms with Gasteiger partial charge in [-0.05, 0) is 18.4 Å². The summed E-state index contributed by atoms with van der Waals surface area (Å²) < 4.78 is 0. The average Bonchev–Trinajstić information content (AvgIpc) is 3.10. The van der Waals surface area contributed by atoms with E-state index in [1.165, 1.54) is 16.3 Å². The van der Waals surface area contributed by atoms with Gasteiger partial charge in [-0.1, -0.05) is 6.07 Å². The first-order valence-electron chi connectivity index (χ1n) is 5.93. The molecule has 5 nitrogen and oxygen atoms in total. The Morgan fingerprint density at radius 1 is 1.50 bits per heavy atom. The molecule has 0 spiro atoms. The van der Waals surface area contributed by atoms with Crippen molar-refractivity contribution < 1.29 is 5.11 Å². The smallest absolute Gasteiger partial charge is 0.155 e.